The molecule has 23 heavy (non-hydrogen) atoms. The van der Waals surface area contributed by atoms with Crippen LogP contribution in [0.25, 0.3) is 6.08 Å². The molecule has 1 N–H and O–H groups in total. The van der Waals surface area contributed by atoms with Gasteiger partial charge in [0.1, 0.15) is 0 Å². The van der Waals surface area contributed by atoms with E-state index in [1.165, 1.54) is 11.1 Å². The predicted octanol–water partition coefficient (Wildman–Crippen LogP) is 4.23. The van der Waals surface area contributed by atoms with Gasteiger partial charge in [-0.15, -0.1) is 0 Å². The van der Waals surface area contributed by atoms with Crippen molar-refractivity contribution in [3.8, 4) is 0 Å². The lowest BCUT2D eigenvalue weighted by Crippen LogP contribution is -2.41. The largest absolute Gasteiger partial charge is 0.300 e. The summed E-state index contributed by atoms with van der Waals surface area (Å²) in [6.45, 7) is 2.07. The molecule has 2 nitrogen and oxygen atoms in total. The lowest BCUT2D eigenvalue weighted by Gasteiger charge is -2.26. The van der Waals surface area contributed by atoms with Crippen LogP contribution in [0.5, 0.6) is 0 Å². The Labute approximate surface area is 141 Å². The van der Waals surface area contributed by atoms with Gasteiger partial charge in [-0.25, -0.2) is 0 Å². The molecule has 3 atom stereocenters. The number of allylic oxidation sites excluding steroid dienone is 2. The molecule has 0 bridgehead atoms. The first-order valence-corrected chi connectivity index (χ1v) is 8.64. The van der Waals surface area contributed by atoms with Crippen molar-refractivity contribution in [1.29, 1.82) is 0 Å². The van der Waals surface area contributed by atoms with Gasteiger partial charge in [-0.2, -0.15) is 0 Å². The lowest BCUT2D eigenvalue weighted by molar-refractivity contribution is -0.119. The topological polar surface area (TPSA) is 29.1 Å². The Hall–Kier alpha value is -1.64. The Kier molecular flexibility index (Phi) is 3.74. The van der Waals surface area contributed by atoms with Crippen molar-refractivity contribution in [2.75, 3.05) is 0 Å². The number of carbonyl (C=O) groups excluding carboxylic acids is 1. The Morgan fingerprint density at radius 1 is 1.26 bits per heavy atom. The maximum absolute atomic E-state index is 12.9. The van der Waals surface area contributed by atoms with Crippen molar-refractivity contribution in [3.05, 3.63) is 63.7 Å². The molecule has 1 saturated heterocycles. The minimum absolute atomic E-state index is 0.0784. The molecular formula is C20H20ClNO. The molecule has 0 amide bonds. The summed E-state index contributed by atoms with van der Waals surface area (Å²) in [5.41, 5.74) is 4.58. The molecular weight excluding hydrogens is 306 g/mol. The zero-order chi connectivity index (χ0) is 16.0. The Bertz CT molecular complexity index is 744. The number of fused-ring (bicyclic) bond motifs is 3. The van der Waals surface area contributed by atoms with E-state index in [-0.39, 0.29) is 17.9 Å². The Morgan fingerprint density at radius 3 is 2.83 bits per heavy atom. The van der Waals surface area contributed by atoms with Gasteiger partial charge < -0.3 is 0 Å². The fraction of sp³-hybridized carbons (Fsp3) is 0.350. The van der Waals surface area contributed by atoms with Crippen LogP contribution in [0.15, 0.2) is 58.2 Å². The second-order valence-corrected chi connectivity index (χ2v) is 7.17. The summed E-state index contributed by atoms with van der Waals surface area (Å²) in [5, 5.41) is 4.42. The molecule has 1 saturated carbocycles. The van der Waals surface area contributed by atoms with E-state index in [0.717, 1.165) is 35.4 Å². The lowest BCUT2D eigenvalue weighted by atomic mass is 9.77. The number of halogens is 1. The first kappa shape index (κ1) is 14.9. The van der Waals surface area contributed by atoms with Gasteiger partial charge in [0, 0.05) is 17.0 Å². The monoisotopic (exact) mass is 325 g/mol. The van der Waals surface area contributed by atoms with Crippen molar-refractivity contribution in [1.82, 2.24) is 5.32 Å². The summed E-state index contributed by atoms with van der Waals surface area (Å²) in [7, 11) is 0. The van der Waals surface area contributed by atoms with E-state index in [9.17, 15) is 4.79 Å². The van der Waals surface area contributed by atoms with Crippen molar-refractivity contribution in [2.24, 2.45) is 5.92 Å². The summed E-state index contributed by atoms with van der Waals surface area (Å²) in [6.07, 6.45) is 6.94. The van der Waals surface area contributed by atoms with E-state index in [1.807, 2.05) is 36.4 Å². The van der Waals surface area contributed by atoms with Crippen LogP contribution < -0.4 is 5.32 Å². The van der Waals surface area contributed by atoms with Crippen molar-refractivity contribution in [3.63, 3.8) is 0 Å². The van der Waals surface area contributed by atoms with Gasteiger partial charge in [-0.1, -0.05) is 47.5 Å². The third kappa shape index (κ3) is 2.60. The molecule has 2 fully saturated rings. The maximum atomic E-state index is 12.9. The van der Waals surface area contributed by atoms with E-state index in [4.69, 9.17) is 11.6 Å². The zero-order valence-electron chi connectivity index (χ0n) is 13.2. The molecule has 3 aliphatic rings. The average Bonchev–Trinajstić information content (AvgIpc) is 2.90. The van der Waals surface area contributed by atoms with Gasteiger partial charge in [0.2, 0.25) is 0 Å². The smallest absolute Gasteiger partial charge is 0.176 e. The van der Waals surface area contributed by atoms with Gasteiger partial charge in [0.25, 0.3) is 0 Å². The van der Waals surface area contributed by atoms with Crippen LogP contribution in [0.3, 0.4) is 0 Å². The second kappa shape index (κ2) is 5.77. The van der Waals surface area contributed by atoms with E-state index < -0.39 is 0 Å². The summed E-state index contributed by atoms with van der Waals surface area (Å²) >= 11 is 6.32. The predicted molar refractivity (Wildman–Crippen MR) is 94.1 cm³/mol. The summed E-state index contributed by atoms with van der Waals surface area (Å²) in [5.74, 6) is 0.566. The fourth-order valence-electron chi connectivity index (χ4n) is 4.06. The third-order valence-electron chi connectivity index (χ3n) is 5.29. The molecule has 4 rings (SSSR count). The third-order valence-corrected chi connectivity index (χ3v) is 5.72. The van der Waals surface area contributed by atoms with Gasteiger partial charge in [-0.3, -0.25) is 10.1 Å². The fourth-order valence-corrected chi connectivity index (χ4v) is 4.26. The normalized spacial score (nSPS) is 31.9. The summed E-state index contributed by atoms with van der Waals surface area (Å²) in [4.78, 5) is 12.9. The maximum Gasteiger partial charge on any atom is 0.176 e. The van der Waals surface area contributed by atoms with Gasteiger partial charge >= 0.3 is 0 Å². The quantitative estimate of drug-likeness (QED) is 0.783. The first-order chi connectivity index (χ1) is 11.1. The number of ketones is 1. The van der Waals surface area contributed by atoms with E-state index in [0.29, 0.717) is 5.92 Å². The zero-order valence-corrected chi connectivity index (χ0v) is 13.9. The van der Waals surface area contributed by atoms with Crippen LogP contribution in [-0.4, -0.2) is 17.9 Å². The van der Waals surface area contributed by atoms with Crippen molar-refractivity contribution < 1.29 is 4.79 Å². The van der Waals surface area contributed by atoms with Crippen molar-refractivity contribution in [2.45, 2.75) is 38.3 Å². The average molecular weight is 326 g/mol. The number of nitrogens with one attached hydrogen (secondary N) is 1. The van der Waals surface area contributed by atoms with E-state index in [2.05, 4.69) is 18.3 Å². The minimum atomic E-state index is -0.0784. The Morgan fingerprint density at radius 2 is 2.04 bits per heavy atom. The SMILES string of the molecule is CC1=C(Cl)C=C2C(C1)NC1C(=O)/C(=C/c3ccccc3)CCC21. The van der Waals surface area contributed by atoms with Crippen LogP contribution >= 0.6 is 11.6 Å². The number of Topliss-reactive ketones (excluding diaryl/α,β-unsaturated/α-hetero) is 1. The molecule has 1 aromatic carbocycles. The number of carbonyl (C=O) groups is 1. The van der Waals surface area contributed by atoms with Gasteiger partial charge in [0.15, 0.2) is 5.78 Å². The van der Waals surface area contributed by atoms with Crippen LogP contribution in [0.2, 0.25) is 0 Å². The van der Waals surface area contributed by atoms with Gasteiger partial charge in [0.05, 0.1) is 6.04 Å². The number of hydrogen-bond acceptors (Lipinski definition) is 2. The molecule has 3 heteroatoms. The first-order valence-electron chi connectivity index (χ1n) is 8.26. The van der Waals surface area contributed by atoms with Crippen LogP contribution in [0.1, 0.15) is 31.7 Å². The van der Waals surface area contributed by atoms with Crippen LogP contribution in [-0.2, 0) is 4.79 Å². The summed E-state index contributed by atoms with van der Waals surface area (Å²) in [6, 6.07) is 10.3. The molecule has 1 heterocycles. The number of benzene rings is 1. The molecule has 0 radical (unpaired) electrons. The van der Waals surface area contributed by atoms with E-state index in [1.54, 1.807) is 0 Å². The molecule has 1 aliphatic heterocycles. The molecule has 3 unspecified atom stereocenters. The highest BCUT2D eigenvalue weighted by Gasteiger charge is 2.46. The van der Waals surface area contributed by atoms with Gasteiger partial charge in [-0.05, 0) is 55.0 Å². The highest BCUT2D eigenvalue weighted by Crippen LogP contribution is 2.43. The number of hydrogen-bond donors (Lipinski definition) is 1. The molecule has 0 aromatic heterocycles. The minimum Gasteiger partial charge on any atom is -0.300 e. The van der Waals surface area contributed by atoms with Crippen LogP contribution in [0.4, 0.5) is 0 Å². The second-order valence-electron chi connectivity index (χ2n) is 6.76. The highest BCUT2D eigenvalue weighted by atomic mass is 35.5. The Balaban J connectivity index is 1.61. The standard InChI is InChI=1S/C20H20ClNO/c1-12-9-18-16(11-17(12)21)15-8-7-14(20(23)19(15)22-18)10-13-5-3-2-4-6-13/h2-6,10-11,15,18-19,22H,7-9H2,1H3/b14-10+. The van der Waals surface area contributed by atoms with E-state index >= 15 is 0 Å². The highest BCUT2D eigenvalue weighted by molar-refractivity contribution is 6.31. The number of rotatable bonds is 1. The van der Waals surface area contributed by atoms with Crippen LogP contribution in [0, 0.1) is 5.92 Å². The van der Waals surface area contributed by atoms with Crippen molar-refractivity contribution >= 4 is 23.5 Å². The molecule has 1 aromatic rings. The molecule has 118 valence electrons. The summed E-state index contributed by atoms with van der Waals surface area (Å²) < 4.78 is 0. The molecule has 0 spiro atoms. The molecule has 2 aliphatic carbocycles.